The van der Waals surface area contributed by atoms with Gasteiger partial charge in [-0.2, -0.15) is 0 Å². The zero-order chi connectivity index (χ0) is 20.3. The molecule has 0 saturated carbocycles. The summed E-state index contributed by atoms with van der Waals surface area (Å²) >= 11 is 0. The molecule has 0 unspecified atom stereocenters. The van der Waals surface area contributed by atoms with Crippen molar-refractivity contribution in [2.75, 3.05) is 12.8 Å². The first kappa shape index (κ1) is 20.6. The number of benzene rings is 2. The number of hydrogen-bond donors (Lipinski definition) is 1. The number of likely N-dealkylation sites (tertiary alicyclic amines) is 1. The summed E-state index contributed by atoms with van der Waals surface area (Å²) in [6.45, 7) is 4.34. The lowest BCUT2D eigenvalue weighted by molar-refractivity contribution is -0.135. The Balaban J connectivity index is 1.88. The third kappa shape index (κ3) is 5.00. The van der Waals surface area contributed by atoms with Crippen LogP contribution in [0, 0.1) is 5.92 Å². The van der Waals surface area contributed by atoms with Gasteiger partial charge in [0.2, 0.25) is 15.9 Å². The second kappa shape index (κ2) is 8.45. The molecule has 0 radical (unpaired) electrons. The van der Waals surface area contributed by atoms with Crippen LogP contribution in [-0.4, -0.2) is 44.1 Å². The maximum Gasteiger partial charge on any atom is 0.225 e. The Labute approximate surface area is 167 Å². The summed E-state index contributed by atoms with van der Waals surface area (Å²) < 4.78 is 26.4. The van der Waals surface area contributed by atoms with Gasteiger partial charge in [0, 0.05) is 18.5 Å². The van der Waals surface area contributed by atoms with E-state index in [1.807, 2.05) is 49.1 Å². The molecule has 5 nitrogen and oxygen atoms in total. The average Bonchev–Trinajstić information content (AvgIpc) is 3.02. The predicted molar refractivity (Wildman–Crippen MR) is 112 cm³/mol. The highest BCUT2D eigenvalue weighted by atomic mass is 32.2. The van der Waals surface area contributed by atoms with E-state index in [2.05, 4.69) is 29.0 Å². The molecule has 1 aliphatic rings. The Morgan fingerprint density at radius 2 is 1.79 bits per heavy atom. The molecular formula is C22H28N2O3S. The number of nitrogens with zero attached hydrogens (tertiary/aromatic N) is 1. The standard InChI is InChI=1S/C22H28N2O3S/c1-16(2)22(25)24-13-12-20(23-28(3,26)27)21(24)15-17-8-7-11-19(14-17)18-9-5-4-6-10-18/h4-11,14,16,20-21,23H,12-13,15H2,1-3H3/t20-,21-/m1/s1. The van der Waals surface area contributed by atoms with E-state index in [0.717, 1.165) is 16.7 Å². The van der Waals surface area contributed by atoms with E-state index in [0.29, 0.717) is 19.4 Å². The molecule has 0 aliphatic carbocycles. The van der Waals surface area contributed by atoms with Crippen molar-refractivity contribution >= 4 is 15.9 Å². The average molecular weight is 401 g/mol. The summed E-state index contributed by atoms with van der Waals surface area (Å²) in [7, 11) is -3.34. The highest BCUT2D eigenvalue weighted by Gasteiger charge is 2.38. The molecule has 1 amide bonds. The summed E-state index contributed by atoms with van der Waals surface area (Å²) in [4.78, 5) is 14.5. The fraction of sp³-hybridized carbons (Fsp3) is 0.409. The molecule has 1 aliphatic heterocycles. The van der Waals surface area contributed by atoms with Gasteiger partial charge in [0.25, 0.3) is 0 Å². The summed E-state index contributed by atoms with van der Waals surface area (Å²) in [6, 6.07) is 17.9. The summed E-state index contributed by atoms with van der Waals surface area (Å²) in [6.07, 6.45) is 2.42. The first-order chi connectivity index (χ1) is 13.2. The first-order valence-corrected chi connectivity index (χ1v) is 11.6. The van der Waals surface area contributed by atoms with Crippen LogP contribution in [0.25, 0.3) is 11.1 Å². The van der Waals surface area contributed by atoms with E-state index in [1.54, 1.807) is 0 Å². The molecule has 2 aromatic carbocycles. The molecule has 1 saturated heterocycles. The van der Waals surface area contributed by atoms with Crippen LogP contribution in [0.2, 0.25) is 0 Å². The van der Waals surface area contributed by atoms with Crippen LogP contribution in [0.3, 0.4) is 0 Å². The van der Waals surface area contributed by atoms with Crippen LogP contribution in [-0.2, 0) is 21.2 Å². The molecule has 0 bridgehead atoms. The van der Waals surface area contributed by atoms with E-state index in [1.165, 1.54) is 6.26 Å². The number of hydrogen-bond acceptors (Lipinski definition) is 3. The van der Waals surface area contributed by atoms with E-state index in [4.69, 9.17) is 0 Å². The van der Waals surface area contributed by atoms with Crippen LogP contribution in [0.4, 0.5) is 0 Å². The number of carbonyl (C=O) groups is 1. The fourth-order valence-corrected chi connectivity index (χ4v) is 4.70. The third-order valence-electron chi connectivity index (χ3n) is 5.17. The van der Waals surface area contributed by atoms with Crippen molar-refractivity contribution in [3.05, 3.63) is 60.2 Å². The highest BCUT2D eigenvalue weighted by molar-refractivity contribution is 7.88. The lowest BCUT2D eigenvalue weighted by Gasteiger charge is -2.30. The van der Waals surface area contributed by atoms with E-state index >= 15 is 0 Å². The zero-order valence-corrected chi connectivity index (χ0v) is 17.4. The van der Waals surface area contributed by atoms with Crippen LogP contribution < -0.4 is 4.72 Å². The van der Waals surface area contributed by atoms with Crippen molar-refractivity contribution < 1.29 is 13.2 Å². The minimum atomic E-state index is -3.34. The zero-order valence-electron chi connectivity index (χ0n) is 16.6. The van der Waals surface area contributed by atoms with Gasteiger partial charge in [0.1, 0.15) is 0 Å². The van der Waals surface area contributed by atoms with E-state index in [-0.39, 0.29) is 23.9 Å². The smallest absolute Gasteiger partial charge is 0.225 e. The Hall–Kier alpha value is -2.18. The monoisotopic (exact) mass is 400 g/mol. The molecule has 3 rings (SSSR count). The summed E-state index contributed by atoms with van der Waals surface area (Å²) in [5.74, 6) is -0.0443. The van der Waals surface area contributed by atoms with Gasteiger partial charge in [-0.25, -0.2) is 13.1 Å². The van der Waals surface area contributed by atoms with E-state index < -0.39 is 10.0 Å². The maximum absolute atomic E-state index is 12.7. The number of rotatable bonds is 6. The lowest BCUT2D eigenvalue weighted by Crippen LogP contribution is -2.48. The first-order valence-electron chi connectivity index (χ1n) is 9.67. The Kier molecular flexibility index (Phi) is 6.20. The van der Waals surface area contributed by atoms with Crippen molar-refractivity contribution in [1.29, 1.82) is 0 Å². The van der Waals surface area contributed by atoms with Crippen molar-refractivity contribution in [2.24, 2.45) is 5.92 Å². The SMILES string of the molecule is CC(C)C(=O)N1CC[C@@H](NS(C)(=O)=O)[C@H]1Cc1cccc(-c2ccccc2)c1. The topological polar surface area (TPSA) is 66.5 Å². The molecule has 150 valence electrons. The van der Waals surface area contributed by atoms with Crippen molar-refractivity contribution in [3.8, 4) is 11.1 Å². The molecular weight excluding hydrogens is 372 g/mol. The number of carbonyl (C=O) groups excluding carboxylic acids is 1. The molecule has 1 fully saturated rings. The number of nitrogens with one attached hydrogen (secondary N) is 1. The molecule has 0 spiro atoms. The highest BCUT2D eigenvalue weighted by Crippen LogP contribution is 2.26. The van der Waals surface area contributed by atoms with Crippen molar-refractivity contribution in [2.45, 2.75) is 38.8 Å². The van der Waals surface area contributed by atoms with Gasteiger partial charge in [-0.1, -0.05) is 68.4 Å². The van der Waals surface area contributed by atoms with Gasteiger partial charge in [-0.05, 0) is 29.5 Å². The normalized spacial score (nSPS) is 19.9. The summed E-state index contributed by atoms with van der Waals surface area (Å²) in [5, 5.41) is 0. The minimum absolute atomic E-state index is 0.0713. The Morgan fingerprint density at radius 3 is 2.43 bits per heavy atom. The largest absolute Gasteiger partial charge is 0.337 e. The van der Waals surface area contributed by atoms with Gasteiger partial charge in [0.05, 0.1) is 12.3 Å². The molecule has 28 heavy (non-hydrogen) atoms. The lowest BCUT2D eigenvalue weighted by atomic mass is 9.96. The number of amides is 1. The molecule has 1 heterocycles. The van der Waals surface area contributed by atoms with Gasteiger partial charge < -0.3 is 4.90 Å². The second-order valence-electron chi connectivity index (χ2n) is 7.81. The van der Waals surface area contributed by atoms with Gasteiger partial charge in [-0.3, -0.25) is 4.79 Å². The molecule has 1 N–H and O–H groups in total. The van der Waals surface area contributed by atoms with Crippen LogP contribution in [0.15, 0.2) is 54.6 Å². The molecule has 2 aromatic rings. The molecule has 0 aromatic heterocycles. The van der Waals surface area contributed by atoms with Crippen molar-refractivity contribution in [1.82, 2.24) is 9.62 Å². The Bertz CT molecular complexity index is 926. The van der Waals surface area contributed by atoms with Gasteiger partial charge in [0.15, 0.2) is 0 Å². The number of sulfonamides is 1. The molecule has 2 atom stereocenters. The van der Waals surface area contributed by atoms with Gasteiger partial charge >= 0.3 is 0 Å². The van der Waals surface area contributed by atoms with E-state index in [9.17, 15) is 13.2 Å². The minimum Gasteiger partial charge on any atom is -0.337 e. The van der Waals surface area contributed by atoms with Crippen LogP contribution >= 0.6 is 0 Å². The van der Waals surface area contributed by atoms with Crippen molar-refractivity contribution in [3.63, 3.8) is 0 Å². The Morgan fingerprint density at radius 1 is 1.11 bits per heavy atom. The van der Waals surface area contributed by atoms with Crippen LogP contribution in [0.5, 0.6) is 0 Å². The predicted octanol–water partition coefficient (Wildman–Crippen LogP) is 3.07. The van der Waals surface area contributed by atoms with Gasteiger partial charge in [-0.15, -0.1) is 0 Å². The molecule has 6 heteroatoms. The second-order valence-corrected chi connectivity index (χ2v) is 9.59. The quantitative estimate of drug-likeness (QED) is 0.810. The fourth-order valence-electron chi connectivity index (χ4n) is 3.87. The third-order valence-corrected chi connectivity index (χ3v) is 5.90. The maximum atomic E-state index is 12.7. The van der Waals surface area contributed by atoms with Crippen LogP contribution in [0.1, 0.15) is 25.8 Å². The summed E-state index contributed by atoms with van der Waals surface area (Å²) in [5.41, 5.74) is 3.34.